The standard InChI is InChI=1S/C12H9F3N4OS/c1-7-10(21-19-17-7)11(20)18-16-6-8-4-2-3-5-9(8)12(13,14)15/h2-6H,1H3,(H,18,20). The van der Waals surface area contributed by atoms with E-state index in [0.717, 1.165) is 23.8 Å². The molecule has 0 atom stereocenters. The maximum Gasteiger partial charge on any atom is 0.417 e. The van der Waals surface area contributed by atoms with Crippen LogP contribution in [0.1, 0.15) is 26.5 Å². The molecule has 110 valence electrons. The average molecular weight is 314 g/mol. The lowest BCUT2D eigenvalue weighted by atomic mass is 10.1. The number of hydrazone groups is 1. The highest BCUT2D eigenvalue weighted by atomic mass is 32.1. The van der Waals surface area contributed by atoms with Gasteiger partial charge in [-0.25, -0.2) is 5.43 Å². The van der Waals surface area contributed by atoms with Gasteiger partial charge in [0, 0.05) is 5.56 Å². The zero-order valence-electron chi connectivity index (χ0n) is 10.7. The molecular formula is C12H9F3N4OS. The first-order valence-electron chi connectivity index (χ1n) is 5.68. The number of amides is 1. The number of benzene rings is 1. The number of carbonyl (C=O) groups excluding carboxylic acids is 1. The second kappa shape index (κ2) is 6.00. The second-order valence-corrected chi connectivity index (χ2v) is 4.73. The molecule has 5 nitrogen and oxygen atoms in total. The van der Waals surface area contributed by atoms with Crippen molar-refractivity contribution in [2.45, 2.75) is 13.1 Å². The summed E-state index contributed by atoms with van der Waals surface area (Å²) in [6.07, 6.45) is -3.53. The van der Waals surface area contributed by atoms with Crippen LogP contribution < -0.4 is 5.43 Å². The van der Waals surface area contributed by atoms with E-state index >= 15 is 0 Å². The minimum atomic E-state index is -4.48. The van der Waals surface area contributed by atoms with Gasteiger partial charge in [0.2, 0.25) is 0 Å². The van der Waals surface area contributed by atoms with Gasteiger partial charge in [-0.15, -0.1) is 5.10 Å². The van der Waals surface area contributed by atoms with Crippen molar-refractivity contribution in [1.29, 1.82) is 0 Å². The quantitative estimate of drug-likeness (QED) is 0.699. The molecule has 0 aliphatic carbocycles. The molecule has 1 N–H and O–H groups in total. The third kappa shape index (κ3) is 3.63. The molecule has 0 bridgehead atoms. The summed E-state index contributed by atoms with van der Waals surface area (Å²) in [5.41, 5.74) is 1.62. The number of aryl methyl sites for hydroxylation is 1. The maximum absolute atomic E-state index is 12.7. The van der Waals surface area contributed by atoms with Gasteiger partial charge in [-0.1, -0.05) is 22.7 Å². The molecule has 0 spiro atoms. The van der Waals surface area contributed by atoms with Crippen molar-refractivity contribution < 1.29 is 18.0 Å². The number of halogens is 3. The Labute approximate surface area is 121 Å². The van der Waals surface area contributed by atoms with E-state index in [9.17, 15) is 18.0 Å². The highest BCUT2D eigenvalue weighted by Gasteiger charge is 2.32. The van der Waals surface area contributed by atoms with Gasteiger partial charge < -0.3 is 0 Å². The Hall–Kier alpha value is -2.29. The van der Waals surface area contributed by atoms with E-state index < -0.39 is 17.6 Å². The Balaban J connectivity index is 2.13. The molecule has 1 aromatic carbocycles. The van der Waals surface area contributed by atoms with Crippen LogP contribution in [0.15, 0.2) is 29.4 Å². The van der Waals surface area contributed by atoms with Gasteiger partial charge in [-0.05, 0) is 24.5 Å². The van der Waals surface area contributed by atoms with Gasteiger partial charge in [0.1, 0.15) is 4.88 Å². The third-order valence-corrected chi connectivity index (χ3v) is 3.32. The Bertz CT molecular complexity index is 681. The number of carbonyl (C=O) groups is 1. The largest absolute Gasteiger partial charge is 0.417 e. The lowest BCUT2D eigenvalue weighted by Crippen LogP contribution is -2.18. The fraction of sp³-hybridized carbons (Fsp3) is 0.167. The summed E-state index contributed by atoms with van der Waals surface area (Å²) in [5, 5.41) is 7.20. The zero-order valence-corrected chi connectivity index (χ0v) is 11.5. The smallest absolute Gasteiger partial charge is 0.266 e. The number of alkyl halides is 3. The fourth-order valence-electron chi connectivity index (χ4n) is 1.52. The molecule has 1 amide bonds. The first-order chi connectivity index (χ1) is 9.89. The SMILES string of the molecule is Cc1nnsc1C(=O)NN=Cc1ccccc1C(F)(F)F. The fourth-order valence-corrected chi connectivity index (χ4v) is 2.07. The maximum atomic E-state index is 12.7. The van der Waals surface area contributed by atoms with E-state index in [1.807, 2.05) is 0 Å². The predicted molar refractivity (Wildman–Crippen MR) is 71.2 cm³/mol. The van der Waals surface area contributed by atoms with Crippen molar-refractivity contribution in [3.63, 3.8) is 0 Å². The highest BCUT2D eigenvalue weighted by Crippen LogP contribution is 2.30. The van der Waals surface area contributed by atoms with Crippen molar-refractivity contribution in [3.05, 3.63) is 46.0 Å². The van der Waals surface area contributed by atoms with Gasteiger partial charge in [0.05, 0.1) is 17.5 Å². The minimum Gasteiger partial charge on any atom is -0.266 e. The molecule has 2 aromatic rings. The van der Waals surface area contributed by atoms with Crippen molar-refractivity contribution in [3.8, 4) is 0 Å². The van der Waals surface area contributed by atoms with Crippen LogP contribution in [0, 0.1) is 6.92 Å². The summed E-state index contributed by atoms with van der Waals surface area (Å²) in [7, 11) is 0. The van der Waals surface area contributed by atoms with Gasteiger partial charge >= 0.3 is 6.18 Å². The van der Waals surface area contributed by atoms with E-state index in [0.29, 0.717) is 5.69 Å². The highest BCUT2D eigenvalue weighted by molar-refractivity contribution is 7.07. The molecule has 0 fully saturated rings. The zero-order chi connectivity index (χ0) is 15.5. The number of nitrogens with zero attached hydrogens (tertiary/aromatic N) is 3. The van der Waals surface area contributed by atoms with Gasteiger partial charge in [0.15, 0.2) is 0 Å². The molecule has 1 heterocycles. The van der Waals surface area contributed by atoms with Gasteiger partial charge in [-0.3, -0.25) is 4.79 Å². The first kappa shape index (κ1) is 15.1. The summed E-state index contributed by atoms with van der Waals surface area (Å²) < 4.78 is 41.8. The van der Waals surface area contributed by atoms with Crippen LogP contribution in [0.4, 0.5) is 13.2 Å². The van der Waals surface area contributed by atoms with Crippen LogP contribution in [0.5, 0.6) is 0 Å². The molecule has 0 aliphatic heterocycles. The molecular weight excluding hydrogens is 305 g/mol. The molecule has 9 heteroatoms. The van der Waals surface area contributed by atoms with Crippen LogP contribution in [0.2, 0.25) is 0 Å². The summed E-state index contributed by atoms with van der Waals surface area (Å²) in [5.74, 6) is -0.566. The van der Waals surface area contributed by atoms with Crippen LogP contribution in [0.3, 0.4) is 0 Å². The lowest BCUT2D eigenvalue weighted by molar-refractivity contribution is -0.137. The molecule has 21 heavy (non-hydrogen) atoms. The number of rotatable bonds is 3. The van der Waals surface area contributed by atoms with Gasteiger partial charge in [-0.2, -0.15) is 18.3 Å². The normalized spacial score (nSPS) is 11.8. The van der Waals surface area contributed by atoms with Crippen LogP contribution >= 0.6 is 11.5 Å². The van der Waals surface area contributed by atoms with E-state index in [1.165, 1.54) is 18.2 Å². The topological polar surface area (TPSA) is 67.2 Å². The first-order valence-corrected chi connectivity index (χ1v) is 6.45. The number of hydrogen-bond acceptors (Lipinski definition) is 5. The molecule has 1 aromatic heterocycles. The number of nitrogens with one attached hydrogen (secondary N) is 1. The van der Waals surface area contributed by atoms with E-state index in [4.69, 9.17) is 0 Å². The number of hydrogen-bond donors (Lipinski definition) is 1. The lowest BCUT2D eigenvalue weighted by Gasteiger charge is -2.09. The van der Waals surface area contributed by atoms with Crippen molar-refractivity contribution in [2.75, 3.05) is 0 Å². The van der Waals surface area contributed by atoms with E-state index in [2.05, 4.69) is 20.1 Å². The van der Waals surface area contributed by atoms with Crippen molar-refractivity contribution in [2.24, 2.45) is 5.10 Å². The van der Waals surface area contributed by atoms with Crippen LogP contribution in [0.25, 0.3) is 0 Å². The van der Waals surface area contributed by atoms with E-state index in [1.54, 1.807) is 6.92 Å². The molecule has 0 saturated heterocycles. The van der Waals surface area contributed by atoms with Crippen molar-refractivity contribution >= 4 is 23.7 Å². The molecule has 0 unspecified atom stereocenters. The summed E-state index contributed by atoms with van der Waals surface area (Å²) >= 11 is 0.884. The Morgan fingerprint density at radius 3 is 2.71 bits per heavy atom. The predicted octanol–water partition coefficient (Wildman–Crippen LogP) is 2.63. The van der Waals surface area contributed by atoms with E-state index in [-0.39, 0.29) is 10.4 Å². The summed E-state index contributed by atoms with van der Waals surface area (Å²) in [6.45, 7) is 1.60. The Kier molecular flexibility index (Phi) is 4.32. The van der Waals surface area contributed by atoms with Crippen LogP contribution in [-0.2, 0) is 6.18 Å². The molecule has 0 saturated carbocycles. The monoisotopic (exact) mass is 314 g/mol. The minimum absolute atomic E-state index is 0.135. The second-order valence-electron chi connectivity index (χ2n) is 3.97. The average Bonchev–Trinajstić information content (AvgIpc) is 2.84. The molecule has 0 aliphatic rings. The Morgan fingerprint density at radius 2 is 2.10 bits per heavy atom. The van der Waals surface area contributed by atoms with Gasteiger partial charge in [0.25, 0.3) is 5.91 Å². The third-order valence-electron chi connectivity index (χ3n) is 2.49. The Morgan fingerprint density at radius 1 is 1.38 bits per heavy atom. The summed E-state index contributed by atoms with van der Waals surface area (Å²) in [4.78, 5) is 11.9. The molecule has 2 rings (SSSR count). The molecule has 0 radical (unpaired) electrons. The van der Waals surface area contributed by atoms with Crippen LogP contribution in [-0.4, -0.2) is 21.7 Å². The summed E-state index contributed by atoms with van der Waals surface area (Å²) in [6, 6.07) is 4.94. The number of aromatic nitrogens is 2. The van der Waals surface area contributed by atoms with Crippen molar-refractivity contribution in [1.82, 2.24) is 15.0 Å².